The lowest BCUT2D eigenvalue weighted by molar-refractivity contribution is -0.163. The van der Waals surface area contributed by atoms with E-state index < -0.39 is 42.5 Å². The van der Waals surface area contributed by atoms with Crippen LogP contribution in [0.2, 0.25) is 0 Å². The average Bonchev–Trinajstić information content (AvgIpc) is 2.67. The molecule has 0 radical (unpaired) electrons. The number of thioether (sulfide) groups is 1. The summed E-state index contributed by atoms with van der Waals surface area (Å²) >= 11 is 0.937. The maximum Gasteiger partial charge on any atom is 0.320 e. The molecule has 0 aliphatic carbocycles. The number of nitrogens with one attached hydrogen (secondary N) is 2. The van der Waals surface area contributed by atoms with Crippen LogP contribution >= 0.6 is 11.8 Å². The molecule has 0 rings (SSSR count). The van der Waals surface area contributed by atoms with Gasteiger partial charge in [0.05, 0.1) is 19.6 Å². The summed E-state index contributed by atoms with van der Waals surface area (Å²) in [5.41, 5.74) is 4.14. The number of carbonyl (C=O) groups excluding carboxylic acids is 4. The van der Waals surface area contributed by atoms with Crippen LogP contribution in [0.4, 0.5) is 0 Å². The molecule has 0 aromatic rings. The molecule has 0 spiro atoms. The standard InChI is InChI=1S/C17H29N3O8S/c1-17(2,10-21)15(28-13(25)9-18)16(27)20-6-5-11(22)19-7-8-29-14(26)4-3-12(23)24/h15,21H,3-10,18H2,1-2H3,(H,19,22)(H,20,27)(H,23,24)/t15-/m0/s1. The van der Waals surface area contributed by atoms with E-state index in [9.17, 15) is 29.1 Å². The first-order valence-electron chi connectivity index (χ1n) is 8.95. The molecule has 1 atom stereocenters. The van der Waals surface area contributed by atoms with Crippen LogP contribution in [0.3, 0.4) is 0 Å². The van der Waals surface area contributed by atoms with Gasteiger partial charge in [-0.15, -0.1) is 0 Å². The van der Waals surface area contributed by atoms with Crippen LogP contribution in [0, 0.1) is 5.41 Å². The van der Waals surface area contributed by atoms with Crippen molar-refractivity contribution in [3.8, 4) is 0 Å². The van der Waals surface area contributed by atoms with Crippen LogP contribution < -0.4 is 16.4 Å². The molecular formula is C17H29N3O8S. The first-order chi connectivity index (χ1) is 13.5. The summed E-state index contributed by atoms with van der Waals surface area (Å²) in [6, 6.07) is 0. The van der Waals surface area contributed by atoms with Gasteiger partial charge in [-0.3, -0.25) is 24.0 Å². The first kappa shape index (κ1) is 26.8. The fourth-order valence-corrected chi connectivity index (χ4v) is 2.63. The molecule has 11 nitrogen and oxygen atoms in total. The first-order valence-corrected chi connectivity index (χ1v) is 9.94. The lowest BCUT2D eigenvalue weighted by atomic mass is 9.86. The molecule has 0 heterocycles. The van der Waals surface area contributed by atoms with Crippen LogP contribution in [0.5, 0.6) is 0 Å². The number of ether oxygens (including phenoxy) is 1. The van der Waals surface area contributed by atoms with Gasteiger partial charge in [0.2, 0.25) is 5.91 Å². The van der Waals surface area contributed by atoms with Gasteiger partial charge in [0.1, 0.15) is 0 Å². The second kappa shape index (κ2) is 13.9. The van der Waals surface area contributed by atoms with E-state index in [1.807, 2.05) is 0 Å². The molecule has 0 fully saturated rings. The number of aliphatic carboxylic acids is 1. The zero-order chi connectivity index (χ0) is 22.4. The molecule has 6 N–H and O–H groups in total. The Hall–Kier alpha value is -2.18. The summed E-state index contributed by atoms with van der Waals surface area (Å²) in [6.45, 7) is 2.46. The molecule has 0 aromatic heterocycles. The van der Waals surface area contributed by atoms with Crippen molar-refractivity contribution in [2.45, 2.75) is 39.2 Å². The highest BCUT2D eigenvalue weighted by molar-refractivity contribution is 8.13. The normalized spacial score (nSPS) is 12.0. The van der Waals surface area contributed by atoms with Gasteiger partial charge in [-0.2, -0.15) is 0 Å². The van der Waals surface area contributed by atoms with Crippen molar-refractivity contribution in [2.24, 2.45) is 11.1 Å². The van der Waals surface area contributed by atoms with E-state index in [1.165, 1.54) is 0 Å². The third-order valence-corrected chi connectivity index (χ3v) is 4.59. The monoisotopic (exact) mass is 435 g/mol. The van der Waals surface area contributed by atoms with Gasteiger partial charge in [0.25, 0.3) is 5.91 Å². The van der Waals surface area contributed by atoms with Crippen LogP contribution in [0.1, 0.15) is 33.1 Å². The van der Waals surface area contributed by atoms with Gasteiger partial charge in [0, 0.05) is 37.1 Å². The minimum absolute atomic E-state index is 0.0203. The Labute approximate surface area is 173 Å². The Morgan fingerprint density at radius 2 is 1.72 bits per heavy atom. The Bertz CT molecular complexity index is 597. The van der Waals surface area contributed by atoms with Crippen LogP contribution in [0.25, 0.3) is 0 Å². The van der Waals surface area contributed by atoms with E-state index in [2.05, 4.69) is 10.6 Å². The van der Waals surface area contributed by atoms with E-state index in [-0.39, 0.29) is 43.4 Å². The minimum Gasteiger partial charge on any atom is -0.481 e. The summed E-state index contributed by atoms with van der Waals surface area (Å²) in [4.78, 5) is 57.2. The molecular weight excluding hydrogens is 406 g/mol. The maximum atomic E-state index is 12.3. The fraction of sp³-hybridized carbons (Fsp3) is 0.706. The second-order valence-electron chi connectivity index (χ2n) is 6.73. The molecule has 166 valence electrons. The number of carbonyl (C=O) groups is 5. The van der Waals surface area contributed by atoms with Gasteiger partial charge >= 0.3 is 11.9 Å². The third-order valence-electron chi connectivity index (χ3n) is 3.65. The molecule has 0 saturated carbocycles. The largest absolute Gasteiger partial charge is 0.481 e. The maximum absolute atomic E-state index is 12.3. The number of aliphatic hydroxyl groups excluding tert-OH is 1. The third kappa shape index (κ3) is 12.1. The highest BCUT2D eigenvalue weighted by atomic mass is 32.2. The fourth-order valence-electron chi connectivity index (χ4n) is 1.95. The van der Waals surface area contributed by atoms with Gasteiger partial charge in [-0.1, -0.05) is 25.6 Å². The van der Waals surface area contributed by atoms with Crippen molar-refractivity contribution in [3.63, 3.8) is 0 Å². The van der Waals surface area contributed by atoms with Crippen molar-refractivity contribution in [3.05, 3.63) is 0 Å². The average molecular weight is 435 g/mol. The molecule has 0 aromatic carbocycles. The van der Waals surface area contributed by atoms with E-state index in [1.54, 1.807) is 13.8 Å². The lowest BCUT2D eigenvalue weighted by Gasteiger charge is -2.30. The Kier molecular flexibility index (Phi) is 12.9. The topological polar surface area (TPSA) is 185 Å². The summed E-state index contributed by atoms with van der Waals surface area (Å²) in [5, 5.41) is 22.7. The highest BCUT2D eigenvalue weighted by Crippen LogP contribution is 2.23. The summed E-state index contributed by atoms with van der Waals surface area (Å²) in [5.74, 6) is -2.55. The predicted octanol–water partition coefficient (Wildman–Crippen LogP) is -1.38. The van der Waals surface area contributed by atoms with Crippen molar-refractivity contribution in [1.82, 2.24) is 10.6 Å². The Balaban J connectivity index is 4.22. The highest BCUT2D eigenvalue weighted by Gasteiger charge is 2.37. The Morgan fingerprint density at radius 1 is 1.07 bits per heavy atom. The quantitative estimate of drug-likeness (QED) is 0.161. The van der Waals surface area contributed by atoms with Gasteiger partial charge in [-0.25, -0.2) is 0 Å². The summed E-state index contributed by atoms with van der Waals surface area (Å²) in [7, 11) is 0. The van der Waals surface area contributed by atoms with Crippen LogP contribution in [-0.2, 0) is 28.7 Å². The van der Waals surface area contributed by atoms with Crippen molar-refractivity contribution in [1.29, 1.82) is 0 Å². The summed E-state index contributed by atoms with van der Waals surface area (Å²) < 4.78 is 5.00. The van der Waals surface area contributed by atoms with E-state index in [4.69, 9.17) is 15.6 Å². The Morgan fingerprint density at radius 3 is 2.28 bits per heavy atom. The zero-order valence-electron chi connectivity index (χ0n) is 16.6. The van der Waals surface area contributed by atoms with Gasteiger partial charge < -0.3 is 31.3 Å². The second-order valence-corrected chi connectivity index (χ2v) is 7.88. The summed E-state index contributed by atoms with van der Waals surface area (Å²) in [6.07, 6.45) is -1.60. The van der Waals surface area contributed by atoms with Crippen LogP contribution in [-0.4, -0.2) is 77.2 Å². The number of hydrogen-bond acceptors (Lipinski definition) is 9. The van der Waals surface area contributed by atoms with E-state index in [0.717, 1.165) is 11.8 Å². The number of nitrogens with two attached hydrogens (primary N) is 1. The number of esters is 1. The number of rotatable bonds is 14. The molecule has 0 bridgehead atoms. The molecule has 0 aliphatic heterocycles. The van der Waals surface area contributed by atoms with Crippen molar-refractivity contribution in [2.75, 3.05) is 32.0 Å². The zero-order valence-corrected chi connectivity index (χ0v) is 17.4. The van der Waals surface area contributed by atoms with Crippen molar-refractivity contribution < 1.29 is 38.9 Å². The van der Waals surface area contributed by atoms with E-state index in [0.29, 0.717) is 5.75 Å². The molecule has 2 amide bonds. The molecule has 0 unspecified atom stereocenters. The van der Waals surface area contributed by atoms with Crippen LogP contribution in [0.15, 0.2) is 0 Å². The van der Waals surface area contributed by atoms with Crippen molar-refractivity contribution >= 4 is 40.6 Å². The number of carboxylic acid groups (broad SMARTS) is 1. The lowest BCUT2D eigenvalue weighted by Crippen LogP contribution is -2.49. The van der Waals surface area contributed by atoms with Gasteiger partial charge in [0.15, 0.2) is 11.2 Å². The molecule has 12 heteroatoms. The molecule has 29 heavy (non-hydrogen) atoms. The number of carboxylic acids is 1. The predicted molar refractivity (Wildman–Crippen MR) is 105 cm³/mol. The van der Waals surface area contributed by atoms with Gasteiger partial charge in [-0.05, 0) is 0 Å². The smallest absolute Gasteiger partial charge is 0.320 e. The SMILES string of the molecule is CC(C)(CO)[C@@H](OC(=O)CN)C(=O)NCCC(=O)NCCSC(=O)CCC(=O)O. The molecule has 0 aliphatic rings. The number of amides is 2. The van der Waals surface area contributed by atoms with E-state index >= 15 is 0 Å². The minimum atomic E-state index is -1.26. The number of aliphatic hydroxyl groups is 1. The number of hydrogen-bond donors (Lipinski definition) is 5. The molecule has 0 saturated heterocycles.